The van der Waals surface area contributed by atoms with Crippen LogP contribution in [0.25, 0.3) is 0 Å². The Labute approximate surface area is 216 Å². The molecular weight excluding hydrogens is 503 g/mol. The molecule has 196 valence electrons. The first-order valence-electron chi connectivity index (χ1n) is 11.3. The highest BCUT2D eigenvalue weighted by molar-refractivity contribution is 5.79. The second kappa shape index (κ2) is 13.1. The second-order valence-electron chi connectivity index (χ2n) is 8.11. The lowest BCUT2D eigenvalue weighted by atomic mass is 10.2. The molecule has 0 aliphatic carbocycles. The number of aryl methyl sites for hydroxylation is 2. The molecule has 0 atom stereocenters. The Balaban J connectivity index is 0.000000212. The number of alkyl halides is 3. The second-order valence-corrected chi connectivity index (χ2v) is 8.11. The first-order chi connectivity index (χ1) is 18.1. The smallest absolute Gasteiger partial charge is 0.357 e. The Morgan fingerprint density at radius 2 is 1.11 bits per heavy atom. The molecule has 4 nitrogen and oxygen atoms in total. The van der Waals surface area contributed by atoms with Crippen LogP contribution in [0, 0.1) is 25.5 Å². The van der Waals surface area contributed by atoms with Crippen LogP contribution in [0.15, 0.2) is 101 Å². The zero-order chi connectivity index (χ0) is 27.5. The van der Waals surface area contributed by atoms with Gasteiger partial charge in [0.15, 0.2) is 11.5 Å². The van der Waals surface area contributed by atoms with Crippen LogP contribution in [0.2, 0.25) is 0 Å². The summed E-state index contributed by atoms with van der Waals surface area (Å²) in [5.41, 5.74) is 3.06. The summed E-state index contributed by atoms with van der Waals surface area (Å²) < 4.78 is 63.2. The molecule has 0 N–H and O–H groups in total. The van der Waals surface area contributed by atoms with Crippen LogP contribution in [0.5, 0.6) is 11.5 Å². The van der Waals surface area contributed by atoms with Crippen LogP contribution < -0.4 is 9.68 Å². The number of oxime groups is 2. The normalized spacial score (nSPS) is 11.3. The van der Waals surface area contributed by atoms with Crippen molar-refractivity contribution >= 4 is 12.4 Å². The SMILES string of the molecule is Cc1cccc(/C=N\Oc2cc(F)cc(F)c2)c1.Cc1cccc(/C=N\Oc2cccc(C(F)(F)F)c2)c1. The lowest BCUT2D eigenvalue weighted by molar-refractivity contribution is -0.137. The van der Waals surface area contributed by atoms with Crippen molar-refractivity contribution < 1.29 is 31.6 Å². The molecule has 4 aromatic carbocycles. The van der Waals surface area contributed by atoms with Crippen molar-refractivity contribution in [1.82, 2.24) is 0 Å². The van der Waals surface area contributed by atoms with E-state index in [1.807, 2.05) is 62.4 Å². The highest BCUT2D eigenvalue weighted by Gasteiger charge is 2.30. The number of hydrogen-bond donors (Lipinski definition) is 0. The van der Waals surface area contributed by atoms with E-state index >= 15 is 0 Å². The maximum atomic E-state index is 12.9. The van der Waals surface area contributed by atoms with Gasteiger partial charge in [-0.15, -0.1) is 0 Å². The maximum Gasteiger partial charge on any atom is 0.416 e. The summed E-state index contributed by atoms with van der Waals surface area (Å²) in [4.78, 5) is 9.86. The van der Waals surface area contributed by atoms with Crippen molar-refractivity contribution in [2.24, 2.45) is 10.3 Å². The highest BCUT2D eigenvalue weighted by atomic mass is 19.4. The van der Waals surface area contributed by atoms with E-state index in [1.54, 1.807) is 0 Å². The van der Waals surface area contributed by atoms with Gasteiger partial charge in [0.1, 0.15) is 11.6 Å². The third-order valence-corrected chi connectivity index (χ3v) is 4.80. The van der Waals surface area contributed by atoms with Gasteiger partial charge in [-0.1, -0.05) is 76.0 Å². The van der Waals surface area contributed by atoms with Gasteiger partial charge in [-0.25, -0.2) is 8.78 Å². The lowest BCUT2D eigenvalue weighted by Crippen LogP contribution is -2.04. The van der Waals surface area contributed by atoms with Crippen LogP contribution in [-0.4, -0.2) is 12.4 Å². The third-order valence-electron chi connectivity index (χ3n) is 4.80. The topological polar surface area (TPSA) is 43.2 Å². The monoisotopic (exact) mass is 526 g/mol. The van der Waals surface area contributed by atoms with Crippen LogP contribution in [0.4, 0.5) is 22.0 Å². The number of benzene rings is 4. The van der Waals surface area contributed by atoms with Gasteiger partial charge in [0.05, 0.1) is 18.0 Å². The average Bonchev–Trinajstić information content (AvgIpc) is 2.84. The fourth-order valence-corrected chi connectivity index (χ4v) is 3.11. The quantitative estimate of drug-likeness (QED) is 0.145. The molecule has 0 aromatic heterocycles. The minimum atomic E-state index is -4.39. The Morgan fingerprint density at radius 1 is 0.605 bits per heavy atom. The molecule has 0 unspecified atom stereocenters. The first-order valence-corrected chi connectivity index (χ1v) is 11.3. The summed E-state index contributed by atoms with van der Waals surface area (Å²) in [5, 5.41) is 7.36. The van der Waals surface area contributed by atoms with Crippen molar-refractivity contribution in [3.63, 3.8) is 0 Å². The van der Waals surface area contributed by atoms with E-state index in [4.69, 9.17) is 9.68 Å². The number of rotatable bonds is 6. The van der Waals surface area contributed by atoms with Crippen molar-refractivity contribution in [3.8, 4) is 11.5 Å². The van der Waals surface area contributed by atoms with E-state index in [1.165, 1.54) is 24.6 Å². The van der Waals surface area contributed by atoms with Gasteiger partial charge in [-0.05, 0) is 43.2 Å². The van der Waals surface area contributed by atoms with Crippen LogP contribution in [0.3, 0.4) is 0 Å². The summed E-state index contributed by atoms with van der Waals surface area (Å²) in [6.07, 6.45) is -1.46. The first kappa shape index (κ1) is 28.0. The molecule has 0 amide bonds. The fourth-order valence-electron chi connectivity index (χ4n) is 3.11. The van der Waals surface area contributed by atoms with Gasteiger partial charge < -0.3 is 9.68 Å². The van der Waals surface area contributed by atoms with E-state index in [9.17, 15) is 22.0 Å². The van der Waals surface area contributed by atoms with Crippen molar-refractivity contribution in [2.75, 3.05) is 0 Å². The number of hydrogen-bond acceptors (Lipinski definition) is 4. The summed E-state index contributed by atoms with van der Waals surface area (Å²) in [7, 11) is 0. The Kier molecular flexibility index (Phi) is 9.70. The third kappa shape index (κ3) is 9.50. The summed E-state index contributed by atoms with van der Waals surface area (Å²) in [6, 6.07) is 22.6. The van der Waals surface area contributed by atoms with Gasteiger partial charge >= 0.3 is 6.18 Å². The summed E-state index contributed by atoms with van der Waals surface area (Å²) in [6.45, 7) is 3.89. The Hall–Kier alpha value is -4.53. The van der Waals surface area contributed by atoms with Crippen LogP contribution in [0.1, 0.15) is 27.8 Å². The van der Waals surface area contributed by atoms with Gasteiger partial charge in [-0.2, -0.15) is 13.2 Å². The Bertz CT molecular complexity index is 1400. The van der Waals surface area contributed by atoms with E-state index in [-0.39, 0.29) is 11.5 Å². The minimum absolute atomic E-state index is 0.0244. The zero-order valence-electron chi connectivity index (χ0n) is 20.4. The standard InChI is InChI=1S/C15H12F3NO.C14H11F2NO/c1-11-4-2-5-12(8-11)10-19-20-14-7-3-6-13(9-14)15(16,17)18;1-10-3-2-4-11(5-10)9-17-18-14-7-12(15)6-13(16)8-14/h2-10H,1H3;2-9H,1H3/b19-10-;17-9-. The molecule has 9 heteroatoms. The van der Waals surface area contributed by atoms with E-state index in [0.29, 0.717) is 0 Å². The molecule has 0 radical (unpaired) electrons. The Morgan fingerprint density at radius 3 is 1.61 bits per heavy atom. The molecule has 38 heavy (non-hydrogen) atoms. The summed E-state index contributed by atoms with van der Waals surface area (Å²) in [5.74, 6) is -1.33. The van der Waals surface area contributed by atoms with Gasteiger partial charge in [0.25, 0.3) is 0 Å². The highest BCUT2D eigenvalue weighted by Crippen LogP contribution is 2.31. The fraction of sp³-hybridized carbons (Fsp3) is 0.103. The molecule has 0 aliphatic rings. The average molecular weight is 527 g/mol. The zero-order valence-corrected chi connectivity index (χ0v) is 20.4. The molecular formula is C29H23F5N2O2. The molecule has 4 rings (SSSR count). The van der Waals surface area contributed by atoms with Gasteiger partial charge in [0, 0.05) is 18.2 Å². The van der Waals surface area contributed by atoms with E-state index in [2.05, 4.69) is 10.3 Å². The predicted octanol–water partition coefficient (Wildman–Crippen LogP) is 8.11. The lowest BCUT2D eigenvalue weighted by Gasteiger charge is -2.07. The largest absolute Gasteiger partial charge is 0.416 e. The van der Waals surface area contributed by atoms with E-state index < -0.39 is 23.4 Å². The molecule has 0 saturated heterocycles. The molecule has 4 aromatic rings. The minimum Gasteiger partial charge on any atom is -0.357 e. The van der Waals surface area contributed by atoms with Crippen LogP contribution >= 0.6 is 0 Å². The maximum absolute atomic E-state index is 12.9. The molecule has 0 bridgehead atoms. The van der Waals surface area contributed by atoms with Crippen LogP contribution in [-0.2, 0) is 6.18 Å². The number of nitrogens with zero attached hydrogens (tertiary/aromatic N) is 2. The molecule has 0 heterocycles. The number of halogens is 5. The van der Waals surface area contributed by atoms with Gasteiger partial charge in [0.2, 0.25) is 0 Å². The molecule has 0 aliphatic heterocycles. The van der Waals surface area contributed by atoms with Crippen molar-refractivity contribution in [1.29, 1.82) is 0 Å². The summed E-state index contributed by atoms with van der Waals surface area (Å²) >= 11 is 0. The predicted molar refractivity (Wildman–Crippen MR) is 137 cm³/mol. The van der Waals surface area contributed by atoms with Crippen molar-refractivity contribution in [2.45, 2.75) is 20.0 Å². The van der Waals surface area contributed by atoms with Gasteiger partial charge in [-0.3, -0.25) is 0 Å². The van der Waals surface area contributed by atoms with Crippen molar-refractivity contribution in [3.05, 3.63) is 130 Å². The molecule has 0 fully saturated rings. The molecule has 0 spiro atoms. The molecule has 0 saturated carbocycles. The van der Waals surface area contributed by atoms with E-state index in [0.717, 1.165) is 52.6 Å².